The summed E-state index contributed by atoms with van der Waals surface area (Å²) in [5.41, 5.74) is 0. The normalized spacial score (nSPS) is 13.4. The van der Waals surface area contributed by atoms with Crippen molar-refractivity contribution in [2.75, 3.05) is 20.8 Å². The molecule has 0 aliphatic carbocycles. The molecule has 3 nitrogen and oxygen atoms in total. The van der Waals surface area contributed by atoms with Crippen LogP contribution in [0.4, 0.5) is 0 Å². The van der Waals surface area contributed by atoms with Gasteiger partial charge in [-0.05, 0) is 6.92 Å². The zero-order chi connectivity index (χ0) is 9.56. The van der Waals surface area contributed by atoms with Crippen molar-refractivity contribution < 1.29 is 9.47 Å². The molecule has 0 bridgehead atoms. The Bertz CT molecular complexity index is 137. The van der Waals surface area contributed by atoms with E-state index in [0.29, 0.717) is 6.54 Å². The van der Waals surface area contributed by atoms with E-state index in [-0.39, 0.29) is 12.3 Å². The summed E-state index contributed by atoms with van der Waals surface area (Å²) in [5, 5.41) is 3.19. The molecule has 0 saturated carbocycles. The largest absolute Gasteiger partial charge is 0.354 e. The third-order valence-electron chi connectivity index (χ3n) is 1.49. The van der Waals surface area contributed by atoms with Crippen molar-refractivity contribution in [2.45, 2.75) is 19.3 Å². The Labute approximate surface area is 82.2 Å². The molecule has 12 heavy (non-hydrogen) atoms. The van der Waals surface area contributed by atoms with Crippen LogP contribution in [0.3, 0.4) is 0 Å². The molecular weight excluding hydrogens is 222 g/mol. The van der Waals surface area contributed by atoms with Crippen molar-refractivity contribution in [3.05, 3.63) is 11.1 Å². The summed E-state index contributed by atoms with van der Waals surface area (Å²) >= 11 is 3.26. The molecule has 0 fully saturated rings. The number of ether oxygens (including phenoxy) is 2. The van der Waals surface area contributed by atoms with E-state index in [4.69, 9.17) is 9.47 Å². The molecule has 0 spiro atoms. The lowest BCUT2D eigenvalue weighted by atomic mass is 10.3. The molecule has 1 atom stereocenters. The number of hydrogen-bond acceptors (Lipinski definition) is 3. The van der Waals surface area contributed by atoms with Crippen LogP contribution in [-0.4, -0.2) is 33.1 Å². The molecule has 0 aliphatic rings. The Morgan fingerprint density at radius 2 is 2.00 bits per heavy atom. The lowest BCUT2D eigenvalue weighted by molar-refractivity contribution is -0.118. The summed E-state index contributed by atoms with van der Waals surface area (Å²) in [6.45, 7) is 6.42. The molecule has 1 unspecified atom stereocenters. The molecule has 0 aliphatic heterocycles. The molecule has 0 heterocycles. The second-order valence-electron chi connectivity index (χ2n) is 2.53. The molecule has 0 aromatic heterocycles. The SMILES string of the molecule is C=C(Br)CNC(C)C(OC)OC. The number of rotatable bonds is 6. The molecule has 72 valence electrons. The summed E-state index contributed by atoms with van der Waals surface area (Å²) < 4.78 is 11.0. The van der Waals surface area contributed by atoms with Crippen LogP contribution in [0.5, 0.6) is 0 Å². The first-order chi connectivity index (χ1) is 5.61. The lowest BCUT2D eigenvalue weighted by Crippen LogP contribution is -2.40. The smallest absolute Gasteiger partial charge is 0.171 e. The van der Waals surface area contributed by atoms with Gasteiger partial charge >= 0.3 is 0 Å². The summed E-state index contributed by atoms with van der Waals surface area (Å²) in [4.78, 5) is 0. The van der Waals surface area contributed by atoms with Crippen molar-refractivity contribution in [3.63, 3.8) is 0 Å². The van der Waals surface area contributed by atoms with E-state index in [1.807, 2.05) is 6.92 Å². The zero-order valence-electron chi connectivity index (χ0n) is 7.76. The van der Waals surface area contributed by atoms with Gasteiger partial charge in [0.25, 0.3) is 0 Å². The summed E-state index contributed by atoms with van der Waals surface area (Å²) in [5.74, 6) is 0. The Hall–Kier alpha value is 0.1000. The number of halogens is 1. The van der Waals surface area contributed by atoms with Gasteiger partial charge in [0.2, 0.25) is 0 Å². The molecule has 0 rings (SSSR count). The molecule has 0 aromatic rings. The summed E-state index contributed by atoms with van der Waals surface area (Å²) in [7, 11) is 3.24. The maximum Gasteiger partial charge on any atom is 0.171 e. The van der Waals surface area contributed by atoms with E-state index in [1.165, 1.54) is 0 Å². The minimum atomic E-state index is -0.211. The Kier molecular flexibility index (Phi) is 6.65. The lowest BCUT2D eigenvalue weighted by Gasteiger charge is -2.21. The van der Waals surface area contributed by atoms with Crippen molar-refractivity contribution >= 4 is 15.9 Å². The van der Waals surface area contributed by atoms with Crippen molar-refractivity contribution in [1.82, 2.24) is 5.32 Å². The van der Waals surface area contributed by atoms with Gasteiger partial charge in [-0.25, -0.2) is 0 Å². The predicted octanol–water partition coefficient (Wildman–Crippen LogP) is 1.49. The Balaban J connectivity index is 3.68. The van der Waals surface area contributed by atoms with Crippen LogP contribution in [0.15, 0.2) is 11.1 Å². The summed E-state index contributed by atoms with van der Waals surface area (Å²) in [6.07, 6.45) is -0.211. The van der Waals surface area contributed by atoms with Gasteiger partial charge in [-0.15, -0.1) is 0 Å². The number of nitrogens with one attached hydrogen (secondary N) is 1. The first kappa shape index (κ1) is 12.1. The van der Waals surface area contributed by atoms with Gasteiger partial charge in [0.1, 0.15) is 0 Å². The second kappa shape index (κ2) is 6.60. The van der Waals surface area contributed by atoms with Gasteiger partial charge in [-0.1, -0.05) is 22.5 Å². The molecule has 0 amide bonds. The van der Waals surface area contributed by atoms with Crippen LogP contribution in [0.1, 0.15) is 6.92 Å². The van der Waals surface area contributed by atoms with Gasteiger partial charge in [0, 0.05) is 25.2 Å². The summed E-state index contributed by atoms with van der Waals surface area (Å²) in [6, 6.07) is 0.147. The van der Waals surface area contributed by atoms with Crippen molar-refractivity contribution in [1.29, 1.82) is 0 Å². The minimum Gasteiger partial charge on any atom is -0.354 e. The number of hydrogen-bond donors (Lipinski definition) is 1. The van der Waals surface area contributed by atoms with E-state index in [0.717, 1.165) is 4.48 Å². The molecule has 0 radical (unpaired) electrons. The van der Waals surface area contributed by atoms with Crippen LogP contribution in [0.2, 0.25) is 0 Å². The van der Waals surface area contributed by atoms with E-state index in [1.54, 1.807) is 14.2 Å². The minimum absolute atomic E-state index is 0.147. The van der Waals surface area contributed by atoms with Gasteiger partial charge in [0.15, 0.2) is 6.29 Å². The Morgan fingerprint density at radius 3 is 2.33 bits per heavy atom. The fourth-order valence-electron chi connectivity index (χ4n) is 0.872. The van der Waals surface area contributed by atoms with Gasteiger partial charge < -0.3 is 14.8 Å². The first-order valence-electron chi connectivity index (χ1n) is 3.74. The highest BCUT2D eigenvalue weighted by Crippen LogP contribution is 2.02. The first-order valence-corrected chi connectivity index (χ1v) is 4.53. The molecule has 0 saturated heterocycles. The highest BCUT2D eigenvalue weighted by atomic mass is 79.9. The van der Waals surface area contributed by atoms with Crippen molar-refractivity contribution in [2.24, 2.45) is 0 Å². The predicted molar refractivity (Wildman–Crippen MR) is 53.3 cm³/mol. The van der Waals surface area contributed by atoms with Crippen LogP contribution in [0.25, 0.3) is 0 Å². The molecule has 0 aromatic carbocycles. The van der Waals surface area contributed by atoms with Crippen LogP contribution < -0.4 is 5.32 Å². The van der Waals surface area contributed by atoms with E-state index in [9.17, 15) is 0 Å². The maximum atomic E-state index is 5.06. The molecule has 4 heteroatoms. The van der Waals surface area contributed by atoms with E-state index < -0.39 is 0 Å². The quantitative estimate of drug-likeness (QED) is 0.711. The standard InChI is InChI=1S/C8H16BrNO2/c1-6(9)5-10-7(2)8(11-3)12-4/h7-8,10H,1,5H2,2-4H3. The van der Waals surface area contributed by atoms with Gasteiger partial charge in [-0.2, -0.15) is 0 Å². The third-order valence-corrected chi connectivity index (χ3v) is 1.77. The maximum absolute atomic E-state index is 5.06. The average Bonchev–Trinajstić information content (AvgIpc) is 2.03. The highest BCUT2D eigenvalue weighted by molar-refractivity contribution is 9.11. The second-order valence-corrected chi connectivity index (χ2v) is 3.65. The molecule has 1 N–H and O–H groups in total. The fourth-order valence-corrected chi connectivity index (χ4v) is 1.03. The number of methoxy groups -OCH3 is 2. The van der Waals surface area contributed by atoms with E-state index >= 15 is 0 Å². The average molecular weight is 238 g/mol. The van der Waals surface area contributed by atoms with Crippen LogP contribution in [-0.2, 0) is 9.47 Å². The van der Waals surface area contributed by atoms with E-state index in [2.05, 4.69) is 27.8 Å². The molecular formula is C8H16BrNO2. The highest BCUT2D eigenvalue weighted by Gasteiger charge is 2.14. The van der Waals surface area contributed by atoms with Crippen LogP contribution in [0, 0.1) is 0 Å². The zero-order valence-corrected chi connectivity index (χ0v) is 9.35. The van der Waals surface area contributed by atoms with Crippen molar-refractivity contribution in [3.8, 4) is 0 Å². The van der Waals surface area contributed by atoms with Crippen LogP contribution >= 0.6 is 15.9 Å². The fraction of sp³-hybridized carbons (Fsp3) is 0.750. The monoisotopic (exact) mass is 237 g/mol. The topological polar surface area (TPSA) is 30.5 Å². The third kappa shape index (κ3) is 4.87. The van der Waals surface area contributed by atoms with Gasteiger partial charge in [0.05, 0.1) is 6.04 Å². The Morgan fingerprint density at radius 1 is 1.50 bits per heavy atom. The van der Waals surface area contributed by atoms with Gasteiger partial charge in [-0.3, -0.25) is 0 Å².